The lowest BCUT2D eigenvalue weighted by molar-refractivity contribution is 0.520. The molecule has 1 aliphatic carbocycles. The number of rotatable bonds is 0. The Labute approximate surface area is 112 Å². The van der Waals surface area contributed by atoms with Gasteiger partial charge in [-0.1, -0.05) is 6.42 Å². The predicted octanol–water partition coefficient (Wildman–Crippen LogP) is 1.31. The minimum atomic E-state index is -1.20. The Hall–Kier alpha value is -1.56. The van der Waals surface area contributed by atoms with Crippen LogP contribution in [0.25, 0.3) is 11.0 Å². The van der Waals surface area contributed by atoms with Crippen molar-refractivity contribution in [3.63, 3.8) is 0 Å². The van der Waals surface area contributed by atoms with Gasteiger partial charge in [-0.15, -0.1) is 0 Å². The van der Waals surface area contributed by atoms with E-state index in [0.717, 1.165) is 30.2 Å². The molecule has 2 aliphatic rings. The van der Waals surface area contributed by atoms with Gasteiger partial charge in [0.15, 0.2) is 0 Å². The van der Waals surface area contributed by atoms with E-state index in [1.54, 1.807) is 16.8 Å². The standard InChI is InChI=1S/C13H13N3O2S/c1-7-5-11(17)16-9-3-2-4-10(9)19(18)13-14-6-8(7)12(16)15-13/h5-6,9-10H,2-4H2,1H3. The maximum Gasteiger partial charge on any atom is 0.252 e. The van der Waals surface area contributed by atoms with Crippen molar-refractivity contribution in [1.29, 1.82) is 0 Å². The number of pyridine rings is 1. The maximum atomic E-state index is 12.5. The first-order chi connectivity index (χ1) is 9.16. The van der Waals surface area contributed by atoms with Gasteiger partial charge in [0.2, 0.25) is 5.16 Å². The molecule has 2 aromatic rings. The van der Waals surface area contributed by atoms with Crippen LogP contribution in [0.5, 0.6) is 0 Å². The molecule has 1 saturated carbocycles. The summed E-state index contributed by atoms with van der Waals surface area (Å²) in [6.45, 7) is 1.89. The van der Waals surface area contributed by atoms with Crippen molar-refractivity contribution < 1.29 is 4.21 Å². The van der Waals surface area contributed by atoms with Crippen molar-refractivity contribution in [3.05, 3.63) is 28.2 Å². The minimum absolute atomic E-state index is 0.00522. The molecule has 2 aromatic heterocycles. The highest BCUT2D eigenvalue weighted by Gasteiger charge is 2.38. The number of hydrogen-bond acceptors (Lipinski definition) is 4. The fourth-order valence-corrected chi connectivity index (χ4v) is 4.79. The Bertz CT molecular complexity index is 783. The van der Waals surface area contributed by atoms with E-state index in [1.165, 1.54) is 0 Å². The van der Waals surface area contributed by atoms with Gasteiger partial charge in [0.25, 0.3) is 5.56 Å². The average Bonchev–Trinajstić information content (AvgIpc) is 2.83. The molecule has 5 nitrogen and oxygen atoms in total. The molecule has 0 radical (unpaired) electrons. The van der Waals surface area contributed by atoms with E-state index in [-0.39, 0.29) is 16.9 Å². The zero-order valence-corrected chi connectivity index (χ0v) is 11.3. The van der Waals surface area contributed by atoms with Crippen LogP contribution in [-0.2, 0) is 10.8 Å². The molecule has 0 amide bonds. The summed E-state index contributed by atoms with van der Waals surface area (Å²) >= 11 is 0. The van der Waals surface area contributed by atoms with E-state index < -0.39 is 10.8 Å². The second kappa shape index (κ2) is 3.72. The summed E-state index contributed by atoms with van der Waals surface area (Å²) in [5, 5.41) is 1.23. The lowest BCUT2D eigenvalue weighted by Gasteiger charge is -2.18. The van der Waals surface area contributed by atoms with Crippen molar-refractivity contribution in [2.75, 3.05) is 0 Å². The fourth-order valence-electron chi connectivity index (χ4n) is 3.26. The van der Waals surface area contributed by atoms with Crippen LogP contribution in [0.15, 0.2) is 22.2 Å². The molecule has 2 bridgehead atoms. The Balaban J connectivity index is 2.18. The summed E-state index contributed by atoms with van der Waals surface area (Å²) in [7, 11) is -1.20. The summed E-state index contributed by atoms with van der Waals surface area (Å²) in [5.74, 6) is 0. The SMILES string of the molecule is Cc1cc(=O)n2c3nc(ncc13)S(=O)C1CCCC12. The molecule has 0 N–H and O–H groups in total. The Kier molecular flexibility index (Phi) is 2.21. The normalized spacial score (nSPS) is 28.6. The summed E-state index contributed by atoms with van der Waals surface area (Å²) < 4.78 is 14.2. The molecule has 4 rings (SSSR count). The molecule has 1 fully saturated rings. The van der Waals surface area contributed by atoms with E-state index in [4.69, 9.17) is 0 Å². The van der Waals surface area contributed by atoms with Gasteiger partial charge in [-0.05, 0) is 25.3 Å². The number of hydrogen-bond donors (Lipinski definition) is 0. The third-order valence-electron chi connectivity index (χ3n) is 4.18. The Morgan fingerprint density at radius 3 is 3.11 bits per heavy atom. The largest absolute Gasteiger partial charge is 0.288 e. The number of aryl methyl sites for hydroxylation is 1. The maximum absolute atomic E-state index is 12.5. The van der Waals surface area contributed by atoms with Crippen LogP contribution in [-0.4, -0.2) is 24.0 Å². The van der Waals surface area contributed by atoms with Crippen molar-refractivity contribution in [1.82, 2.24) is 14.5 Å². The molecular weight excluding hydrogens is 262 g/mol. The van der Waals surface area contributed by atoms with Crippen LogP contribution >= 0.6 is 0 Å². The van der Waals surface area contributed by atoms with Gasteiger partial charge in [-0.25, -0.2) is 9.97 Å². The molecule has 19 heavy (non-hydrogen) atoms. The molecule has 0 spiro atoms. The molecular formula is C13H13N3O2S. The van der Waals surface area contributed by atoms with E-state index >= 15 is 0 Å². The molecule has 3 heterocycles. The lowest BCUT2D eigenvalue weighted by Crippen LogP contribution is -2.30. The first-order valence-electron chi connectivity index (χ1n) is 6.46. The summed E-state index contributed by atoms with van der Waals surface area (Å²) in [6.07, 6.45) is 4.48. The first-order valence-corrected chi connectivity index (χ1v) is 7.67. The zero-order chi connectivity index (χ0) is 13.1. The second-order valence-electron chi connectivity index (χ2n) is 5.26. The molecule has 3 atom stereocenters. The van der Waals surface area contributed by atoms with Gasteiger partial charge >= 0.3 is 0 Å². The molecule has 6 heteroatoms. The minimum Gasteiger partial charge on any atom is -0.288 e. The van der Waals surface area contributed by atoms with Gasteiger partial charge in [0.05, 0.1) is 22.1 Å². The monoisotopic (exact) mass is 275 g/mol. The Morgan fingerprint density at radius 1 is 1.42 bits per heavy atom. The molecule has 98 valence electrons. The summed E-state index contributed by atoms with van der Waals surface area (Å²) in [5.41, 5.74) is 1.49. The van der Waals surface area contributed by atoms with Gasteiger partial charge in [-0.3, -0.25) is 13.6 Å². The van der Waals surface area contributed by atoms with Crippen LogP contribution < -0.4 is 5.56 Å². The van der Waals surface area contributed by atoms with Crippen molar-refractivity contribution in [2.45, 2.75) is 42.6 Å². The van der Waals surface area contributed by atoms with E-state index in [0.29, 0.717) is 10.8 Å². The van der Waals surface area contributed by atoms with Crippen molar-refractivity contribution in [3.8, 4) is 0 Å². The van der Waals surface area contributed by atoms with Gasteiger partial charge < -0.3 is 0 Å². The topological polar surface area (TPSA) is 64.8 Å². The highest BCUT2D eigenvalue weighted by molar-refractivity contribution is 7.85. The predicted molar refractivity (Wildman–Crippen MR) is 71.6 cm³/mol. The quantitative estimate of drug-likeness (QED) is 0.680. The second-order valence-corrected chi connectivity index (χ2v) is 6.83. The molecule has 1 aliphatic heterocycles. The smallest absolute Gasteiger partial charge is 0.252 e. The third kappa shape index (κ3) is 1.40. The zero-order valence-electron chi connectivity index (χ0n) is 10.5. The molecule has 3 unspecified atom stereocenters. The van der Waals surface area contributed by atoms with Crippen LogP contribution in [0.1, 0.15) is 30.9 Å². The lowest BCUT2D eigenvalue weighted by atomic mass is 10.1. The van der Waals surface area contributed by atoms with Crippen molar-refractivity contribution in [2.24, 2.45) is 0 Å². The fraction of sp³-hybridized carbons (Fsp3) is 0.462. The van der Waals surface area contributed by atoms with E-state index in [9.17, 15) is 9.00 Å². The van der Waals surface area contributed by atoms with E-state index in [2.05, 4.69) is 9.97 Å². The third-order valence-corrected chi connectivity index (χ3v) is 5.84. The van der Waals surface area contributed by atoms with Crippen LogP contribution in [0.4, 0.5) is 0 Å². The van der Waals surface area contributed by atoms with Gasteiger partial charge in [0.1, 0.15) is 5.65 Å². The molecule has 0 aromatic carbocycles. The number of aromatic nitrogens is 3. The van der Waals surface area contributed by atoms with Crippen LogP contribution in [0.2, 0.25) is 0 Å². The first kappa shape index (κ1) is 11.3. The summed E-state index contributed by atoms with van der Waals surface area (Å²) in [4.78, 5) is 20.9. The Morgan fingerprint density at radius 2 is 2.26 bits per heavy atom. The van der Waals surface area contributed by atoms with Crippen LogP contribution in [0, 0.1) is 6.92 Å². The van der Waals surface area contributed by atoms with Gasteiger partial charge in [0, 0.05) is 17.6 Å². The summed E-state index contributed by atoms with van der Waals surface area (Å²) in [6, 6.07) is 1.64. The highest BCUT2D eigenvalue weighted by Crippen LogP contribution is 2.38. The van der Waals surface area contributed by atoms with E-state index in [1.807, 2.05) is 6.92 Å². The number of fused-ring (bicyclic) bond motifs is 3. The van der Waals surface area contributed by atoms with Gasteiger partial charge in [-0.2, -0.15) is 0 Å². The van der Waals surface area contributed by atoms with Crippen LogP contribution in [0.3, 0.4) is 0 Å². The number of nitrogens with zero attached hydrogens (tertiary/aromatic N) is 3. The van der Waals surface area contributed by atoms with Crippen molar-refractivity contribution >= 4 is 21.8 Å². The molecule has 0 saturated heterocycles. The highest BCUT2D eigenvalue weighted by atomic mass is 32.2. The average molecular weight is 275 g/mol.